The SMILES string of the molecule is Cc1nc(Nc2ncc(C)s2)cc([C@@H]2CCCN2C(=O)c2cccc(Cl)c2F)n1. The second-order valence-electron chi connectivity index (χ2n) is 6.88. The molecule has 1 amide bonds. The highest BCUT2D eigenvalue weighted by atomic mass is 35.5. The Balaban J connectivity index is 1.63. The van der Waals surface area contributed by atoms with Crippen LogP contribution in [0.15, 0.2) is 30.5 Å². The molecular weight excluding hydrogens is 413 g/mol. The van der Waals surface area contributed by atoms with Crippen LogP contribution in [0.3, 0.4) is 0 Å². The summed E-state index contributed by atoms with van der Waals surface area (Å²) in [5.41, 5.74) is 0.702. The minimum absolute atomic E-state index is 0.0215. The van der Waals surface area contributed by atoms with Crippen molar-refractivity contribution >= 4 is 39.8 Å². The smallest absolute Gasteiger partial charge is 0.257 e. The molecular formula is C20H19ClFN5OS. The van der Waals surface area contributed by atoms with Gasteiger partial charge in [0.25, 0.3) is 5.91 Å². The number of rotatable bonds is 4. The number of amides is 1. The molecule has 4 rings (SSSR count). The van der Waals surface area contributed by atoms with Gasteiger partial charge in [-0.1, -0.05) is 17.7 Å². The van der Waals surface area contributed by atoms with Crippen molar-refractivity contribution in [3.63, 3.8) is 0 Å². The third kappa shape index (κ3) is 4.09. The monoisotopic (exact) mass is 431 g/mol. The van der Waals surface area contributed by atoms with Gasteiger partial charge in [-0.05, 0) is 38.8 Å². The summed E-state index contributed by atoms with van der Waals surface area (Å²) in [7, 11) is 0. The van der Waals surface area contributed by atoms with E-state index in [4.69, 9.17) is 11.6 Å². The van der Waals surface area contributed by atoms with E-state index in [0.29, 0.717) is 18.2 Å². The first-order chi connectivity index (χ1) is 13.9. The molecule has 1 N–H and O–H groups in total. The lowest BCUT2D eigenvalue weighted by molar-refractivity contribution is 0.0728. The van der Waals surface area contributed by atoms with Gasteiger partial charge in [0.05, 0.1) is 22.3 Å². The van der Waals surface area contributed by atoms with E-state index >= 15 is 0 Å². The summed E-state index contributed by atoms with van der Waals surface area (Å²) in [5.74, 6) is 0.139. The van der Waals surface area contributed by atoms with Crippen LogP contribution in [0.2, 0.25) is 5.02 Å². The predicted octanol–water partition coefficient (Wildman–Crippen LogP) is 5.06. The van der Waals surface area contributed by atoms with Gasteiger partial charge in [0.2, 0.25) is 0 Å². The molecule has 0 radical (unpaired) electrons. The molecule has 0 bridgehead atoms. The molecule has 1 aliphatic heterocycles. The molecule has 0 aliphatic carbocycles. The van der Waals surface area contributed by atoms with Gasteiger partial charge in [0.1, 0.15) is 11.6 Å². The van der Waals surface area contributed by atoms with Gasteiger partial charge < -0.3 is 10.2 Å². The van der Waals surface area contributed by atoms with Crippen LogP contribution >= 0.6 is 22.9 Å². The minimum Gasteiger partial charge on any atom is -0.330 e. The van der Waals surface area contributed by atoms with Crippen LogP contribution in [0.4, 0.5) is 15.3 Å². The lowest BCUT2D eigenvalue weighted by Gasteiger charge is -2.25. The molecule has 1 atom stereocenters. The summed E-state index contributed by atoms with van der Waals surface area (Å²) in [6.07, 6.45) is 3.36. The van der Waals surface area contributed by atoms with E-state index in [1.165, 1.54) is 23.5 Å². The lowest BCUT2D eigenvalue weighted by atomic mass is 10.1. The Morgan fingerprint density at radius 3 is 2.93 bits per heavy atom. The third-order valence-electron chi connectivity index (χ3n) is 4.75. The van der Waals surface area contributed by atoms with Crippen molar-refractivity contribution in [2.24, 2.45) is 0 Å². The number of carbonyl (C=O) groups is 1. The molecule has 3 heterocycles. The van der Waals surface area contributed by atoms with E-state index in [9.17, 15) is 9.18 Å². The van der Waals surface area contributed by atoms with Crippen molar-refractivity contribution in [1.82, 2.24) is 19.9 Å². The average molecular weight is 432 g/mol. The molecule has 2 aromatic heterocycles. The number of aromatic nitrogens is 3. The molecule has 1 aliphatic rings. The van der Waals surface area contributed by atoms with Crippen molar-refractivity contribution < 1.29 is 9.18 Å². The van der Waals surface area contributed by atoms with E-state index in [1.54, 1.807) is 24.1 Å². The van der Waals surface area contributed by atoms with Crippen LogP contribution in [-0.2, 0) is 0 Å². The first-order valence-electron chi connectivity index (χ1n) is 9.22. The topological polar surface area (TPSA) is 71.0 Å². The number of aryl methyl sites for hydroxylation is 2. The maximum atomic E-state index is 14.4. The van der Waals surface area contributed by atoms with Gasteiger partial charge in [-0.3, -0.25) is 4.79 Å². The number of halogens is 2. The summed E-state index contributed by atoms with van der Waals surface area (Å²) in [6, 6.07) is 6.05. The zero-order valence-electron chi connectivity index (χ0n) is 15.9. The van der Waals surface area contributed by atoms with Crippen LogP contribution in [0.5, 0.6) is 0 Å². The van der Waals surface area contributed by atoms with Gasteiger partial charge in [0, 0.05) is 23.7 Å². The Bertz CT molecular complexity index is 1070. The van der Waals surface area contributed by atoms with E-state index in [-0.39, 0.29) is 22.5 Å². The highest BCUT2D eigenvalue weighted by Gasteiger charge is 2.33. The van der Waals surface area contributed by atoms with Crippen LogP contribution in [-0.4, -0.2) is 32.3 Å². The molecule has 9 heteroatoms. The number of thiazole rings is 1. The van der Waals surface area contributed by atoms with E-state index in [2.05, 4.69) is 20.3 Å². The van der Waals surface area contributed by atoms with Crippen LogP contribution in [0.25, 0.3) is 0 Å². The molecule has 0 unspecified atom stereocenters. The molecule has 29 heavy (non-hydrogen) atoms. The van der Waals surface area contributed by atoms with Crippen molar-refractivity contribution in [1.29, 1.82) is 0 Å². The zero-order valence-corrected chi connectivity index (χ0v) is 17.5. The van der Waals surface area contributed by atoms with Crippen molar-refractivity contribution in [2.75, 3.05) is 11.9 Å². The van der Waals surface area contributed by atoms with E-state index in [0.717, 1.165) is 28.5 Å². The highest BCUT2D eigenvalue weighted by Crippen LogP contribution is 2.34. The van der Waals surface area contributed by atoms with Crippen molar-refractivity contribution in [3.8, 4) is 0 Å². The van der Waals surface area contributed by atoms with Crippen LogP contribution in [0, 0.1) is 19.7 Å². The largest absolute Gasteiger partial charge is 0.330 e. The fraction of sp³-hybridized carbons (Fsp3) is 0.300. The Kier molecular flexibility index (Phi) is 5.47. The number of anilines is 2. The molecule has 0 spiro atoms. The Hall–Kier alpha value is -2.58. The number of likely N-dealkylation sites (tertiary alicyclic amines) is 1. The molecule has 1 saturated heterocycles. The van der Waals surface area contributed by atoms with Crippen molar-refractivity contribution in [3.05, 3.63) is 63.3 Å². The Morgan fingerprint density at radius 2 is 2.17 bits per heavy atom. The fourth-order valence-electron chi connectivity index (χ4n) is 3.49. The summed E-state index contributed by atoms with van der Waals surface area (Å²) < 4.78 is 14.4. The molecule has 0 saturated carbocycles. The van der Waals surface area contributed by atoms with Crippen molar-refractivity contribution in [2.45, 2.75) is 32.7 Å². The average Bonchev–Trinajstić information content (AvgIpc) is 3.32. The maximum Gasteiger partial charge on any atom is 0.257 e. The van der Waals surface area contributed by atoms with Gasteiger partial charge in [-0.25, -0.2) is 19.3 Å². The standard InChI is InChI=1S/C20H19ClFN5OS/c1-11-10-23-20(29-11)26-17-9-15(24-12(2)25-17)16-7-4-8-27(16)19(28)13-5-3-6-14(21)18(13)22/h3,5-6,9-10,16H,4,7-8H2,1-2H3,(H,23,24,25,26)/t16-/m0/s1. The molecule has 1 aromatic carbocycles. The molecule has 150 valence electrons. The minimum atomic E-state index is -0.690. The summed E-state index contributed by atoms with van der Waals surface area (Å²) in [4.78, 5) is 29.1. The second kappa shape index (κ2) is 8.04. The number of nitrogens with one attached hydrogen (secondary N) is 1. The number of nitrogens with zero attached hydrogens (tertiary/aromatic N) is 4. The van der Waals surface area contributed by atoms with Gasteiger partial charge in [0.15, 0.2) is 10.9 Å². The number of benzene rings is 1. The summed E-state index contributed by atoms with van der Waals surface area (Å²) >= 11 is 7.39. The maximum absolute atomic E-state index is 14.4. The predicted molar refractivity (Wildman–Crippen MR) is 111 cm³/mol. The number of hydrogen-bond donors (Lipinski definition) is 1. The van der Waals surface area contributed by atoms with Gasteiger partial charge in [-0.2, -0.15) is 0 Å². The van der Waals surface area contributed by atoms with Crippen LogP contribution in [0.1, 0.15) is 45.6 Å². The summed E-state index contributed by atoms with van der Waals surface area (Å²) in [5, 5.41) is 3.88. The molecule has 6 nitrogen and oxygen atoms in total. The number of hydrogen-bond acceptors (Lipinski definition) is 6. The first-order valence-corrected chi connectivity index (χ1v) is 10.4. The molecule has 1 fully saturated rings. The summed E-state index contributed by atoms with van der Waals surface area (Å²) in [6.45, 7) is 4.32. The second-order valence-corrected chi connectivity index (χ2v) is 8.53. The Labute approximate surface area is 176 Å². The first kappa shape index (κ1) is 19.7. The van der Waals surface area contributed by atoms with Gasteiger partial charge >= 0.3 is 0 Å². The quantitative estimate of drug-likeness (QED) is 0.624. The number of carbonyl (C=O) groups excluding carboxylic acids is 1. The fourth-order valence-corrected chi connectivity index (χ4v) is 4.33. The third-order valence-corrected chi connectivity index (χ3v) is 5.87. The molecule has 3 aromatic rings. The van der Waals surface area contributed by atoms with E-state index in [1.807, 2.05) is 13.0 Å². The van der Waals surface area contributed by atoms with Crippen LogP contribution < -0.4 is 5.32 Å². The van der Waals surface area contributed by atoms with Gasteiger partial charge in [-0.15, -0.1) is 11.3 Å². The highest BCUT2D eigenvalue weighted by molar-refractivity contribution is 7.15. The normalized spacial score (nSPS) is 16.3. The lowest BCUT2D eigenvalue weighted by Crippen LogP contribution is -2.31. The Morgan fingerprint density at radius 1 is 1.34 bits per heavy atom. The zero-order chi connectivity index (χ0) is 20.5. The van der Waals surface area contributed by atoms with E-state index < -0.39 is 5.82 Å².